The van der Waals surface area contributed by atoms with Gasteiger partial charge in [-0.25, -0.2) is 0 Å². The van der Waals surface area contributed by atoms with Crippen LogP contribution in [0, 0.1) is 12.8 Å². The molecule has 0 amide bonds. The zero-order chi connectivity index (χ0) is 12.7. The maximum Gasteiger partial charge on any atom is -0.000809 e. The van der Waals surface area contributed by atoms with Gasteiger partial charge in [-0.05, 0) is 59.1 Å². The molecule has 0 saturated heterocycles. The monoisotopic (exact) mass is 236 g/mol. The number of benzene rings is 2. The van der Waals surface area contributed by atoms with E-state index >= 15 is 0 Å². The molecule has 0 bridgehead atoms. The molecule has 92 valence electrons. The van der Waals surface area contributed by atoms with Crippen LogP contribution in [0.1, 0.15) is 36.1 Å². The van der Waals surface area contributed by atoms with Gasteiger partial charge in [0.05, 0.1) is 0 Å². The van der Waals surface area contributed by atoms with Crippen LogP contribution in [-0.4, -0.2) is 0 Å². The molecule has 0 radical (unpaired) electrons. The lowest BCUT2D eigenvalue weighted by atomic mass is 9.95. The lowest BCUT2D eigenvalue weighted by molar-refractivity contribution is 0.644. The molecule has 0 spiro atoms. The van der Waals surface area contributed by atoms with E-state index in [2.05, 4.69) is 57.2 Å². The van der Waals surface area contributed by atoms with Crippen molar-refractivity contribution in [1.29, 1.82) is 0 Å². The molecule has 0 fully saturated rings. The lowest BCUT2D eigenvalue weighted by Crippen LogP contribution is -1.98. The van der Waals surface area contributed by atoms with E-state index in [1.807, 2.05) is 0 Å². The fraction of sp³-hybridized carbons (Fsp3) is 0.333. The van der Waals surface area contributed by atoms with Crippen molar-refractivity contribution in [2.75, 3.05) is 0 Å². The Labute approximate surface area is 110 Å². The van der Waals surface area contributed by atoms with Crippen LogP contribution in [0.5, 0.6) is 0 Å². The fourth-order valence-corrected chi connectivity index (χ4v) is 3.09. The number of hydrogen-bond donors (Lipinski definition) is 0. The minimum Gasteiger partial charge on any atom is -0.0625 e. The Morgan fingerprint density at radius 1 is 0.944 bits per heavy atom. The topological polar surface area (TPSA) is 0 Å². The van der Waals surface area contributed by atoms with Crippen molar-refractivity contribution >= 4 is 0 Å². The van der Waals surface area contributed by atoms with E-state index < -0.39 is 0 Å². The van der Waals surface area contributed by atoms with Crippen molar-refractivity contribution < 1.29 is 0 Å². The highest BCUT2D eigenvalue weighted by atomic mass is 14.3. The molecule has 0 heterocycles. The van der Waals surface area contributed by atoms with E-state index in [4.69, 9.17) is 0 Å². The Morgan fingerprint density at radius 2 is 1.61 bits per heavy atom. The molecule has 0 saturated carbocycles. The third kappa shape index (κ3) is 1.77. The van der Waals surface area contributed by atoms with Gasteiger partial charge in [-0.15, -0.1) is 0 Å². The van der Waals surface area contributed by atoms with Crippen molar-refractivity contribution in [3.8, 4) is 11.1 Å². The predicted molar refractivity (Wildman–Crippen MR) is 78.0 cm³/mol. The Bertz CT molecular complexity index is 591. The second-order valence-electron chi connectivity index (χ2n) is 5.82. The van der Waals surface area contributed by atoms with Gasteiger partial charge in [-0.3, -0.25) is 0 Å². The van der Waals surface area contributed by atoms with Gasteiger partial charge in [0, 0.05) is 0 Å². The van der Waals surface area contributed by atoms with Gasteiger partial charge in [0.2, 0.25) is 0 Å². The third-order valence-corrected chi connectivity index (χ3v) is 3.96. The van der Waals surface area contributed by atoms with Crippen molar-refractivity contribution in [2.45, 2.75) is 33.6 Å². The first-order valence-corrected chi connectivity index (χ1v) is 6.86. The molecule has 2 aromatic rings. The van der Waals surface area contributed by atoms with Crippen molar-refractivity contribution in [3.05, 3.63) is 58.7 Å². The first-order valence-electron chi connectivity index (χ1n) is 6.86. The highest BCUT2D eigenvalue weighted by molar-refractivity contribution is 5.79. The van der Waals surface area contributed by atoms with Crippen LogP contribution < -0.4 is 0 Å². The highest BCUT2D eigenvalue weighted by Crippen LogP contribution is 2.40. The van der Waals surface area contributed by atoms with Gasteiger partial charge in [-0.1, -0.05) is 50.2 Å². The molecule has 0 aromatic heterocycles. The summed E-state index contributed by atoms with van der Waals surface area (Å²) in [6.45, 7) is 6.83. The molecule has 18 heavy (non-hydrogen) atoms. The molecule has 0 N–H and O–H groups in total. The van der Waals surface area contributed by atoms with Gasteiger partial charge >= 0.3 is 0 Å². The summed E-state index contributed by atoms with van der Waals surface area (Å²) in [5, 5.41) is 0. The zero-order valence-electron chi connectivity index (χ0n) is 11.5. The molecular weight excluding hydrogens is 216 g/mol. The Balaban J connectivity index is 2.13. The van der Waals surface area contributed by atoms with E-state index in [0.29, 0.717) is 0 Å². The molecule has 1 aliphatic carbocycles. The molecule has 1 aliphatic rings. The minimum atomic E-state index is 0.723. The van der Waals surface area contributed by atoms with Gasteiger partial charge in [0.1, 0.15) is 0 Å². The van der Waals surface area contributed by atoms with Gasteiger partial charge in [-0.2, -0.15) is 0 Å². The van der Waals surface area contributed by atoms with Crippen LogP contribution in [0.15, 0.2) is 36.4 Å². The number of rotatable bonds is 2. The summed E-state index contributed by atoms with van der Waals surface area (Å²) < 4.78 is 0. The van der Waals surface area contributed by atoms with Crippen molar-refractivity contribution in [1.82, 2.24) is 0 Å². The summed E-state index contributed by atoms with van der Waals surface area (Å²) in [6, 6.07) is 13.5. The average Bonchev–Trinajstić information content (AvgIpc) is 2.70. The molecule has 0 heteroatoms. The Morgan fingerprint density at radius 3 is 2.33 bits per heavy atom. The largest absolute Gasteiger partial charge is 0.0625 e. The second-order valence-corrected chi connectivity index (χ2v) is 5.82. The third-order valence-electron chi connectivity index (χ3n) is 3.96. The first-order chi connectivity index (χ1) is 8.66. The summed E-state index contributed by atoms with van der Waals surface area (Å²) >= 11 is 0. The quantitative estimate of drug-likeness (QED) is 0.601. The smallest absolute Gasteiger partial charge is 0.000809 e. The van der Waals surface area contributed by atoms with E-state index in [1.54, 1.807) is 5.56 Å². The molecule has 2 aromatic carbocycles. The van der Waals surface area contributed by atoms with E-state index in [1.165, 1.54) is 34.2 Å². The SMILES string of the molecule is Cc1cccc2c1Cc1c(CC(C)C)cccc1-2. The summed E-state index contributed by atoms with van der Waals surface area (Å²) in [6.07, 6.45) is 2.32. The zero-order valence-corrected chi connectivity index (χ0v) is 11.5. The normalized spacial score (nSPS) is 12.7. The maximum absolute atomic E-state index is 2.31. The van der Waals surface area contributed by atoms with E-state index in [-0.39, 0.29) is 0 Å². The van der Waals surface area contributed by atoms with E-state index in [0.717, 1.165) is 12.3 Å². The molecular formula is C18H20. The number of fused-ring (bicyclic) bond motifs is 3. The average molecular weight is 236 g/mol. The van der Waals surface area contributed by atoms with Gasteiger partial charge in [0.15, 0.2) is 0 Å². The minimum absolute atomic E-state index is 0.723. The first kappa shape index (κ1) is 11.5. The van der Waals surface area contributed by atoms with E-state index in [9.17, 15) is 0 Å². The molecule has 0 aliphatic heterocycles. The van der Waals surface area contributed by atoms with Crippen molar-refractivity contribution in [3.63, 3.8) is 0 Å². The number of hydrogen-bond acceptors (Lipinski definition) is 0. The number of aryl methyl sites for hydroxylation is 1. The van der Waals surface area contributed by atoms with Gasteiger partial charge < -0.3 is 0 Å². The Kier molecular flexibility index (Phi) is 2.74. The molecule has 0 nitrogen and oxygen atoms in total. The standard InChI is InChI=1S/C18H20/c1-12(2)10-14-7-5-9-16-15-8-4-6-13(3)17(15)11-18(14)16/h4-9,12H,10-11H2,1-3H3. The predicted octanol–water partition coefficient (Wildman–Crippen LogP) is 4.76. The summed E-state index contributed by atoms with van der Waals surface area (Å²) in [5.41, 5.74) is 8.99. The summed E-state index contributed by atoms with van der Waals surface area (Å²) in [5.74, 6) is 0.723. The molecule has 0 atom stereocenters. The molecule has 3 rings (SSSR count). The summed E-state index contributed by atoms with van der Waals surface area (Å²) in [7, 11) is 0. The van der Waals surface area contributed by atoms with Gasteiger partial charge in [0.25, 0.3) is 0 Å². The van der Waals surface area contributed by atoms with Crippen LogP contribution >= 0.6 is 0 Å². The maximum atomic E-state index is 2.31. The second kappa shape index (κ2) is 4.28. The Hall–Kier alpha value is -1.56. The molecule has 0 unspecified atom stereocenters. The van der Waals surface area contributed by atoms with Crippen LogP contribution in [0.3, 0.4) is 0 Å². The fourth-order valence-electron chi connectivity index (χ4n) is 3.09. The van der Waals surface area contributed by atoms with Crippen molar-refractivity contribution in [2.24, 2.45) is 5.92 Å². The lowest BCUT2D eigenvalue weighted by Gasteiger charge is -2.10. The van der Waals surface area contributed by atoms with Crippen LogP contribution in [0.25, 0.3) is 11.1 Å². The van der Waals surface area contributed by atoms with Crippen LogP contribution in [-0.2, 0) is 12.8 Å². The van der Waals surface area contributed by atoms with Crippen LogP contribution in [0.2, 0.25) is 0 Å². The van der Waals surface area contributed by atoms with Crippen LogP contribution in [0.4, 0.5) is 0 Å². The summed E-state index contributed by atoms with van der Waals surface area (Å²) in [4.78, 5) is 0. The highest BCUT2D eigenvalue weighted by Gasteiger charge is 2.21.